The number of hydrogen-bond donors (Lipinski definition) is 2. The lowest BCUT2D eigenvalue weighted by molar-refractivity contribution is -0.384. The van der Waals surface area contributed by atoms with E-state index in [1.807, 2.05) is 36.1 Å². The molecule has 0 radical (unpaired) electrons. The first-order chi connectivity index (χ1) is 17.3. The van der Waals surface area contributed by atoms with Gasteiger partial charge in [-0.3, -0.25) is 14.9 Å². The van der Waals surface area contributed by atoms with Crippen LogP contribution < -0.4 is 10.2 Å². The van der Waals surface area contributed by atoms with Gasteiger partial charge in [-0.2, -0.15) is 0 Å². The van der Waals surface area contributed by atoms with Gasteiger partial charge in [0.2, 0.25) is 0 Å². The van der Waals surface area contributed by atoms with Crippen LogP contribution in [0.3, 0.4) is 0 Å². The Morgan fingerprint density at radius 2 is 1.86 bits per heavy atom. The highest BCUT2D eigenvalue weighted by atomic mass is 35.5. The summed E-state index contributed by atoms with van der Waals surface area (Å²) >= 11 is 6.21. The highest BCUT2D eigenvalue weighted by molar-refractivity contribution is 6.32. The number of rotatable bonds is 5. The number of fused-ring (bicyclic) bond motifs is 1. The second-order valence-electron chi connectivity index (χ2n) is 9.37. The molecule has 8 nitrogen and oxygen atoms in total. The van der Waals surface area contributed by atoms with Crippen molar-refractivity contribution in [1.29, 1.82) is 0 Å². The Hall–Kier alpha value is -3.91. The molecule has 1 saturated heterocycles. The molecule has 1 amide bonds. The van der Waals surface area contributed by atoms with E-state index < -0.39 is 10.8 Å². The molecule has 0 unspecified atom stereocenters. The van der Waals surface area contributed by atoms with Crippen LogP contribution in [-0.4, -0.2) is 33.9 Å². The minimum Gasteiger partial charge on any atom is -0.366 e. The molecule has 2 heterocycles. The maximum atomic E-state index is 12.9. The van der Waals surface area contributed by atoms with Crippen LogP contribution in [0.1, 0.15) is 35.7 Å². The summed E-state index contributed by atoms with van der Waals surface area (Å²) in [6, 6.07) is 15.7. The lowest BCUT2D eigenvalue weighted by Gasteiger charge is -2.31. The number of nitrogens with one attached hydrogen (secondary N) is 2. The van der Waals surface area contributed by atoms with Gasteiger partial charge in [0.15, 0.2) is 0 Å². The number of imidazole rings is 1. The number of nitrogens with zero attached hydrogens (tertiary/aromatic N) is 3. The Balaban J connectivity index is 1.32. The van der Waals surface area contributed by atoms with Gasteiger partial charge in [-0.1, -0.05) is 18.5 Å². The quantitative estimate of drug-likeness (QED) is 0.236. The zero-order chi connectivity index (χ0) is 25.4. The van der Waals surface area contributed by atoms with Gasteiger partial charge in [0.05, 0.1) is 16.0 Å². The summed E-state index contributed by atoms with van der Waals surface area (Å²) in [6.45, 7) is 5.69. The smallest absolute Gasteiger partial charge is 0.293 e. The predicted molar refractivity (Wildman–Crippen MR) is 143 cm³/mol. The van der Waals surface area contributed by atoms with E-state index >= 15 is 0 Å². The van der Waals surface area contributed by atoms with Crippen LogP contribution in [0.5, 0.6) is 0 Å². The number of nitro groups is 1. The number of nitro benzene ring substituents is 1. The zero-order valence-electron chi connectivity index (χ0n) is 20.0. The fraction of sp³-hybridized carbons (Fsp3) is 0.259. The maximum absolute atomic E-state index is 12.9. The molecule has 1 aliphatic heterocycles. The van der Waals surface area contributed by atoms with Crippen LogP contribution in [-0.2, 0) is 0 Å². The van der Waals surface area contributed by atoms with E-state index in [4.69, 9.17) is 11.6 Å². The molecule has 0 spiro atoms. The Kier molecular flexibility index (Phi) is 6.36. The molecule has 0 aliphatic carbocycles. The molecular formula is C27H26ClN5O3. The lowest BCUT2D eigenvalue weighted by atomic mass is 9.98. The molecule has 2 N–H and O–H groups in total. The average molecular weight is 504 g/mol. The second-order valence-corrected chi connectivity index (χ2v) is 9.77. The van der Waals surface area contributed by atoms with E-state index in [1.165, 1.54) is 6.07 Å². The Bertz CT molecular complexity index is 1420. The van der Waals surface area contributed by atoms with Crippen LogP contribution in [0.25, 0.3) is 22.4 Å². The molecular weight excluding hydrogens is 478 g/mol. The Labute approximate surface area is 213 Å². The fourth-order valence-corrected chi connectivity index (χ4v) is 4.68. The van der Waals surface area contributed by atoms with Crippen molar-refractivity contribution in [3.63, 3.8) is 0 Å². The van der Waals surface area contributed by atoms with Crippen LogP contribution in [0.2, 0.25) is 5.02 Å². The monoisotopic (exact) mass is 503 g/mol. The molecule has 0 atom stereocenters. The highest BCUT2D eigenvalue weighted by Gasteiger charge is 2.25. The average Bonchev–Trinajstić information content (AvgIpc) is 3.27. The number of carbonyl (C=O) groups is 1. The second kappa shape index (κ2) is 9.62. The number of halogens is 1. The minimum atomic E-state index is -0.416. The molecule has 1 fully saturated rings. The summed E-state index contributed by atoms with van der Waals surface area (Å²) in [5.41, 5.74) is 4.84. The Morgan fingerprint density at radius 3 is 2.56 bits per heavy atom. The molecule has 9 heteroatoms. The summed E-state index contributed by atoms with van der Waals surface area (Å²) in [4.78, 5) is 34.2. The van der Waals surface area contributed by atoms with E-state index in [9.17, 15) is 14.9 Å². The number of aromatic amines is 1. The first-order valence-electron chi connectivity index (χ1n) is 11.9. The van der Waals surface area contributed by atoms with Crippen LogP contribution >= 0.6 is 11.6 Å². The summed E-state index contributed by atoms with van der Waals surface area (Å²) in [5.74, 6) is 0.910. The molecule has 3 aromatic carbocycles. The molecule has 5 rings (SSSR count). The maximum Gasteiger partial charge on any atom is 0.293 e. The predicted octanol–water partition coefficient (Wildman–Crippen LogP) is 6.59. The third-order valence-electron chi connectivity index (χ3n) is 6.74. The standard InChI is InChI=1S/C27H26ClN5O3/c1-16-9-11-32(12-10-16)24-8-5-19(14-25(24)33(35)36)27(34)29-20-6-3-18(4-7-20)26-30-22-13-17(2)21(28)15-23(22)31-26/h3-8,13-16H,9-12H2,1-2H3,(H,29,34)(H,30,31). The number of H-pyrrole nitrogens is 1. The summed E-state index contributed by atoms with van der Waals surface area (Å²) in [7, 11) is 0. The van der Waals surface area contributed by atoms with E-state index in [2.05, 4.69) is 22.2 Å². The highest BCUT2D eigenvalue weighted by Crippen LogP contribution is 2.33. The van der Waals surface area contributed by atoms with Crippen molar-refractivity contribution >= 4 is 45.6 Å². The Morgan fingerprint density at radius 1 is 1.14 bits per heavy atom. The van der Waals surface area contributed by atoms with Crippen molar-refractivity contribution in [2.75, 3.05) is 23.3 Å². The minimum absolute atomic E-state index is 0.0484. The van der Waals surface area contributed by atoms with E-state index in [0.29, 0.717) is 28.1 Å². The first-order valence-corrected chi connectivity index (χ1v) is 12.3. The van der Waals surface area contributed by atoms with Gasteiger partial charge < -0.3 is 15.2 Å². The van der Waals surface area contributed by atoms with Crippen molar-refractivity contribution < 1.29 is 9.72 Å². The van der Waals surface area contributed by atoms with Crippen LogP contribution in [0.15, 0.2) is 54.6 Å². The molecule has 0 bridgehead atoms. The van der Waals surface area contributed by atoms with Gasteiger partial charge in [-0.25, -0.2) is 4.98 Å². The summed E-state index contributed by atoms with van der Waals surface area (Å²) < 4.78 is 0. The number of benzene rings is 3. The number of amides is 1. The largest absolute Gasteiger partial charge is 0.366 e. The summed E-state index contributed by atoms with van der Waals surface area (Å²) in [5, 5.41) is 15.3. The molecule has 0 saturated carbocycles. The summed E-state index contributed by atoms with van der Waals surface area (Å²) in [6.07, 6.45) is 1.99. The van der Waals surface area contributed by atoms with Crippen molar-refractivity contribution in [3.05, 3.63) is 80.9 Å². The van der Waals surface area contributed by atoms with E-state index in [0.717, 1.165) is 48.1 Å². The van der Waals surface area contributed by atoms with Gasteiger partial charge in [0.1, 0.15) is 11.5 Å². The molecule has 36 heavy (non-hydrogen) atoms. The van der Waals surface area contributed by atoms with Gasteiger partial charge in [-0.15, -0.1) is 0 Å². The van der Waals surface area contributed by atoms with Crippen molar-refractivity contribution in [2.24, 2.45) is 5.92 Å². The lowest BCUT2D eigenvalue weighted by Crippen LogP contribution is -2.33. The van der Waals surface area contributed by atoms with Gasteiger partial charge in [0.25, 0.3) is 11.6 Å². The van der Waals surface area contributed by atoms with Gasteiger partial charge in [0, 0.05) is 41.0 Å². The number of aromatic nitrogens is 2. The zero-order valence-corrected chi connectivity index (χ0v) is 20.8. The number of anilines is 2. The van der Waals surface area contributed by atoms with Crippen LogP contribution in [0.4, 0.5) is 17.1 Å². The third kappa shape index (κ3) is 4.77. The number of piperidine rings is 1. The van der Waals surface area contributed by atoms with Crippen LogP contribution in [0, 0.1) is 23.0 Å². The SMILES string of the molecule is Cc1cc2[nH]c(-c3ccc(NC(=O)c4ccc(N5CCC(C)CC5)c([N+](=O)[O-])c4)cc3)nc2cc1Cl. The topological polar surface area (TPSA) is 104 Å². The number of hydrogen-bond acceptors (Lipinski definition) is 5. The number of carbonyl (C=O) groups excluding carboxylic acids is 1. The van der Waals surface area contributed by atoms with Crippen molar-refractivity contribution in [3.8, 4) is 11.4 Å². The van der Waals surface area contributed by atoms with Gasteiger partial charge in [-0.05, 0) is 79.8 Å². The normalized spacial score (nSPS) is 14.2. The molecule has 1 aliphatic rings. The van der Waals surface area contributed by atoms with Gasteiger partial charge >= 0.3 is 0 Å². The molecule has 1 aromatic heterocycles. The number of aryl methyl sites for hydroxylation is 1. The fourth-order valence-electron chi connectivity index (χ4n) is 4.52. The van der Waals surface area contributed by atoms with E-state index in [-0.39, 0.29) is 11.3 Å². The van der Waals surface area contributed by atoms with Crippen molar-refractivity contribution in [2.45, 2.75) is 26.7 Å². The molecule has 184 valence electrons. The first kappa shape index (κ1) is 23.8. The van der Waals surface area contributed by atoms with E-state index in [1.54, 1.807) is 24.3 Å². The molecule has 4 aromatic rings. The third-order valence-corrected chi connectivity index (χ3v) is 7.14. The van der Waals surface area contributed by atoms with Crippen molar-refractivity contribution in [1.82, 2.24) is 9.97 Å².